The zero-order valence-corrected chi connectivity index (χ0v) is 13.1. The lowest BCUT2D eigenvalue weighted by Crippen LogP contribution is -2.07. The lowest BCUT2D eigenvalue weighted by atomic mass is 9.96. The number of aliphatic imine (C=N–C) groups is 1. The number of aryl methyl sites for hydroxylation is 2. The highest BCUT2D eigenvalue weighted by Crippen LogP contribution is 2.23. The van der Waals surface area contributed by atoms with Gasteiger partial charge in [0.05, 0.1) is 12.0 Å². The third-order valence-electron chi connectivity index (χ3n) is 2.54. The smallest absolute Gasteiger partial charge is 0.0907 e. The van der Waals surface area contributed by atoms with Gasteiger partial charge in [-0.1, -0.05) is 11.8 Å². The van der Waals surface area contributed by atoms with Crippen LogP contribution in [0, 0.1) is 31.1 Å². The van der Waals surface area contributed by atoms with Crippen molar-refractivity contribution in [3.63, 3.8) is 0 Å². The van der Waals surface area contributed by atoms with Gasteiger partial charge in [0.25, 0.3) is 0 Å². The Hall–Kier alpha value is -1.75. The molecule has 2 nitrogen and oxygen atoms in total. The van der Waals surface area contributed by atoms with E-state index in [0.717, 1.165) is 16.8 Å². The summed E-state index contributed by atoms with van der Waals surface area (Å²) in [6, 6.07) is 4.22. The molecule has 0 saturated carbocycles. The van der Waals surface area contributed by atoms with Crippen molar-refractivity contribution in [3.8, 4) is 11.8 Å². The molecular weight excluding hydrogens is 232 g/mol. The first-order valence-corrected chi connectivity index (χ1v) is 6.54. The summed E-state index contributed by atoms with van der Waals surface area (Å²) >= 11 is 0. The van der Waals surface area contributed by atoms with Gasteiger partial charge in [0, 0.05) is 25.1 Å². The fourth-order valence-corrected chi connectivity index (χ4v) is 1.51. The van der Waals surface area contributed by atoms with E-state index in [1.807, 2.05) is 25.3 Å². The molecule has 0 heterocycles. The lowest BCUT2D eigenvalue weighted by Gasteiger charge is -2.09. The molecule has 1 aromatic rings. The summed E-state index contributed by atoms with van der Waals surface area (Å²) in [5, 5.41) is 0. The van der Waals surface area contributed by atoms with Crippen LogP contribution < -0.4 is 0 Å². The van der Waals surface area contributed by atoms with Crippen LogP contribution in [0.15, 0.2) is 17.1 Å². The average molecular weight is 256 g/mol. The van der Waals surface area contributed by atoms with Crippen molar-refractivity contribution in [1.82, 2.24) is 4.90 Å². The Labute approximate surface area is 117 Å². The van der Waals surface area contributed by atoms with E-state index >= 15 is 0 Å². The predicted molar refractivity (Wildman–Crippen MR) is 84.1 cm³/mol. The van der Waals surface area contributed by atoms with Gasteiger partial charge in [0.15, 0.2) is 0 Å². The van der Waals surface area contributed by atoms with Crippen LogP contribution >= 0.6 is 0 Å². The van der Waals surface area contributed by atoms with Gasteiger partial charge in [-0.15, -0.1) is 0 Å². The first kappa shape index (κ1) is 15.3. The van der Waals surface area contributed by atoms with E-state index in [1.54, 1.807) is 0 Å². The average Bonchev–Trinajstić information content (AvgIpc) is 2.26. The Kier molecular flexibility index (Phi) is 4.78. The highest BCUT2D eigenvalue weighted by atomic mass is 15.1. The van der Waals surface area contributed by atoms with Crippen molar-refractivity contribution >= 4 is 12.0 Å². The zero-order valence-electron chi connectivity index (χ0n) is 13.1. The van der Waals surface area contributed by atoms with Crippen molar-refractivity contribution in [2.24, 2.45) is 10.4 Å². The molecule has 102 valence electrons. The molecule has 1 rings (SSSR count). The Bertz CT molecular complexity index is 535. The Morgan fingerprint density at radius 1 is 1.11 bits per heavy atom. The highest BCUT2D eigenvalue weighted by Gasteiger charge is 2.05. The number of hydrogen-bond acceptors (Lipinski definition) is 1. The SMILES string of the molecule is Cc1cc(/N=C/N(C)C)c(C)cc1C#CC(C)(C)C. The van der Waals surface area contributed by atoms with Gasteiger partial charge in [-0.3, -0.25) is 0 Å². The van der Waals surface area contributed by atoms with Gasteiger partial charge in [-0.25, -0.2) is 4.99 Å². The van der Waals surface area contributed by atoms with Gasteiger partial charge >= 0.3 is 0 Å². The van der Waals surface area contributed by atoms with Crippen LogP contribution in [0.1, 0.15) is 37.5 Å². The molecule has 0 fully saturated rings. The minimum Gasteiger partial charge on any atom is -0.369 e. The van der Waals surface area contributed by atoms with Gasteiger partial charge in [0.2, 0.25) is 0 Å². The summed E-state index contributed by atoms with van der Waals surface area (Å²) in [7, 11) is 3.93. The van der Waals surface area contributed by atoms with E-state index < -0.39 is 0 Å². The van der Waals surface area contributed by atoms with Gasteiger partial charge < -0.3 is 4.90 Å². The standard InChI is InChI=1S/C17H24N2/c1-13-11-16(18-12-19(6)7)14(2)10-15(13)8-9-17(3,4)5/h10-12H,1-7H3/b18-12+. The van der Waals surface area contributed by atoms with Crippen LogP contribution in [0.4, 0.5) is 5.69 Å². The normalized spacial score (nSPS) is 11.3. The van der Waals surface area contributed by atoms with Crippen LogP contribution in [0.2, 0.25) is 0 Å². The number of benzene rings is 1. The van der Waals surface area contributed by atoms with Crippen molar-refractivity contribution in [2.45, 2.75) is 34.6 Å². The molecule has 19 heavy (non-hydrogen) atoms. The maximum Gasteiger partial charge on any atom is 0.0907 e. The molecule has 0 aliphatic rings. The molecule has 0 N–H and O–H groups in total. The summed E-state index contributed by atoms with van der Waals surface area (Å²) in [5.41, 5.74) is 4.46. The molecular formula is C17H24N2. The topological polar surface area (TPSA) is 15.6 Å². The second kappa shape index (κ2) is 5.93. The Balaban J connectivity index is 3.13. The molecule has 0 unspecified atom stereocenters. The van der Waals surface area contributed by atoms with Crippen LogP contribution in [0.5, 0.6) is 0 Å². The predicted octanol–water partition coefficient (Wildman–Crippen LogP) is 3.92. The number of rotatable bonds is 2. The molecule has 0 aromatic heterocycles. The molecule has 0 bridgehead atoms. The number of hydrogen-bond donors (Lipinski definition) is 0. The molecule has 0 saturated heterocycles. The van der Waals surface area contributed by atoms with Gasteiger partial charge in [-0.05, 0) is 57.9 Å². The van der Waals surface area contributed by atoms with E-state index in [-0.39, 0.29) is 5.41 Å². The highest BCUT2D eigenvalue weighted by molar-refractivity contribution is 5.64. The molecule has 0 radical (unpaired) electrons. The summed E-state index contributed by atoms with van der Waals surface area (Å²) in [6.45, 7) is 10.5. The van der Waals surface area contributed by atoms with Crippen molar-refractivity contribution < 1.29 is 0 Å². The van der Waals surface area contributed by atoms with Crippen LogP contribution in [0.3, 0.4) is 0 Å². The quantitative estimate of drug-likeness (QED) is 0.445. The molecule has 0 amide bonds. The minimum absolute atomic E-state index is 0.0299. The second-order valence-corrected chi connectivity index (χ2v) is 6.16. The van der Waals surface area contributed by atoms with E-state index in [2.05, 4.69) is 63.6 Å². The maximum atomic E-state index is 4.47. The summed E-state index contributed by atoms with van der Waals surface area (Å²) < 4.78 is 0. The zero-order chi connectivity index (χ0) is 14.6. The molecule has 0 atom stereocenters. The maximum absolute atomic E-state index is 4.47. The van der Waals surface area contributed by atoms with Crippen LogP contribution in [-0.2, 0) is 0 Å². The van der Waals surface area contributed by atoms with E-state index in [1.165, 1.54) is 5.56 Å². The lowest BCUT2D eigenvalue weighted by molar-refractivity contribution is 0.571. The summed E-state index contributed by atoms with van der Waals surface area (Å²) in [4.78, 5) is 6.40. The van der Waals surface area contributed by atoms with Crippen LogP contribution in [-0.4, -0.2) is 25.3 Å². The third-order valence-corrected chi connectivity index (χ3v) is 2.54. The van der Waals surface area contributed by atoms with E-state index in [0.29, 0.717) is 0 Å². The first-order chi connectivity index (χ1) is 8.69. The summed E-state index contributed by atoms with van der Waals surface area (Å²) in [6.07, 6.45) is 1.82. The van der Waals surface area contributed by atoms with Gasteiger partial charge in [0.1, 0.15) is 0 Å². The largest absolute Gasteiger partial charge is 0.369 e. The fraction of sp³-hybridized carbons (Fsp3) is 0.471. The van der Waals surface area contributed by atoms with Crippen molar-refractivity contribution in [1.29, 1.82) is 0 Å². The first-order valence-electron chi connectivity index (χ1n) is 6.54. The third kappa shape index (κ3) is 5.18. The molecule has 0 spiro atoms. The molecule has 0 aliphatic heterocycles. The van der Waals surface area contributed by atoms with Crippen LogP contribution in [0.25, 0.3) is 0 Å². The number of nitrogens with zero attached hydrogens (tertiary/aromatic N) is 2. The van der Waals surface area contributed by atoms with Gasteiger partial charge in [-0.2, -0.15) is 0 Å². The van der Waals surface area contributed by atoms with E-state index in [4.69, 9.17) is 0 Å². The summed E-state index contributed by atoms with van der Waals surface area (Å²) in [5.74, 6) is 6.55. The Morgan fingerprint density at radius 3 is 2.26 bits per heavy atom. The minimum atomic E-state index is 0.0299. The van der Waals surface area contributed by atoms with Crippen molar-refractivity contribution in [2.75, 3.05) is 14.1 Å². The molecule has 1 aromatic carbocycles. The molecule has 0 aliphatic carbocycles. The monoisotopic (exact) mass is 256 g/mol. The molecule has 2 heteroatoms. The second-order valence-electron chi connectivity index (χ2n) is 6.16. The van der Waals surface area contributed by atoms with E-state index in [9.17, 15) is 0 Å². The Morgan fingerprint density at radius 2 is 1.74 bits per heavy atom. The fourth-order valence-electron chi connectivity index (χ4n) is 1.51. The van der Waals surface area contributed by atoms with Crippen molar-refractivity contribution in [3.05, 3.63) is 28.8 Å².